The van der Waals surface area contributed by atoms with Crippen LogP contribution in [0.1, 0.15) is 0 Å². The number of halogens is 2. The summed E-state index contributed by atoms with van der Waals surface area (Å²) in [5.74, 6) is 0. The van der Waals surface area contributed by atoms with Crippen molar-refractivity contribution < 1.29 is 26.2 Å². The van der Waals surface area contributed by atoms with Crippen molar-refractivity contribution in [2.75, 3.05) is 0 Å². The molecule has 13 heavy (non-hydrogen) atoms. The molecule has 0 aromatic carbocycles. The van der Waals surface area contributed by atoms with Gasteiger partial charge in [-0.1, -0.05) is 12.1 Å². The van der Waals surface area contributed by atoms with E-state index in [-0.39, 0.29) is 51.0 Å². The first-order valence-electron chi connectivity index (χ1n) is 3.32. The predicted molar refractivity (Wildman–Crippen MR) is 56.4 cm³/mol. The zero-order chi connectivity index (χ0) is 6.81. The minimum Gasteiger partial charge on any atom is -0.168 e. The smallest absolute Gasteiger partial charge is 0 e. The number of hydrogen-bond donors (Lipinski definition) is 0. The Morgan fingerprint density at radius 2 is 1.54 bits per heavy atom. The van der Waals surface area contributed by atoms with Crippen LogP contribution in [0.4, 0.5) is 0 Å². The van der Waals surface area contributed by atoms with Crippen LogP contribution in [0.15, 0.2) is 42.5 Å². The van der Waals surface area contributed by atoms with Gasteiger partial charge in [-0.3, -0.25) is 0 Å². The molecule has 2 aliphatic rings. The van der Waals surface area contributed by atoms with Gasteiger partial charge in [-0.2, -0.15) is 17.7 Å². The average Bonchev–Trinajstić information content (AvgIpc) is 2.28. The number of fused-ring (bicyclic) bond motifs is 1. The molecule has 0 saturated carbocycles. The molecule has 2 rings (SSSR count). The van der Waals surface area contributed by atoms with Gasteiger partial charge in [0.25, 0.3) is 0 Å². The summed E-state index contributed by atoms with van der Waals surface area (Å²) in [7, 11) is 0. The molecular weight excluding hydrogens is 282 g/mol. The van der Waals surface area contributed by atoms with Gasteiger partial charge < -0.3 is 0 Å². The Hall–Kier alpha value is 0.163. The largest absolute Gasteiger partial charge is 0.168 e. The van der Waals surface area contributed by atoms with E-state index in [1.807, 2.05) is 24.3 Å². The van der Waals surface area contributed by atoms with Crippen molar-refractivity contribution >= 4 is 24.8 Å². The second kappa shape index (κ2) is 7.56. The van der Waals surface area contributed by atoms with Crippen molar-refractivity contribution in [2.45, 2.75) is 0 Å². The summed E-state index contributed by atoms with van der Waals surface area (Å²) in [5, 5.41) is 0. The molecule has 0 amide bonds. The van der Waals surface area contributed by atoms with Gasteiger partial charge in [0, 0.05) is 26.2 Å². The second-order valence-electron chi connectivity index (χ2n) is 2.26. The van der Waals surface area contributed by atoms with Crippen molar-refractivity contribution in [1.29, 1.82) is 0 Å². The van der Waals surface area contributed by atoms with Crippen molar-refractivity contribution in [3.63, 3.8) is 0 Å². The van der Waals surface area contributed by atoms with Crippen LogP contribution in [0, 0.1) is 6.07 Å². The van der Waals surface area contributed by atoms with E-state index in [1.165, 1.54) is 11.1 Å². The Kier molecular flexibility index (Phi) is 9.08. The molecule has 0 N–H and O–H groups in total. The topological polar surface area (TPSA) is 0 Å². The molecule has 0 spiro atoms. The molecule has 0 atom stereocenters. The first kappa shape index (κ1) is 15.6. The molecule has 0 bridgehead atoms. The van der Waals surface area contributed by atoms with Crippen LogP contribution in [0.2, 0.25) is 0 Å². The molecule has 0 nitrogen and oxygen atoms in total. The second-order valence-corrected chi connectivity index (χ2v) is 2.26. The summed E-state index contributed by atoms with van der Waals surface area (Å²) in [6.45, 7) is 0. The third-order valence-corrected chi connectivity index (χ3v) is 1.57. The maximum Gasteiger partial charge on any atom is 0 e. The molecule has 0 saturated heterocycles. The third kappa shape index (κ3) is 3.81. The summed E-state index contributed by atoms with van der Waals surface area (Å²) in [6, 6.07) is 17.4. The van der Waals surface area contributed by atoms with Gasteiger partial charge in [-0.25, -0.2) is 0 Å². The molecule has 2 aliphatic carbocycles. The van der Waals surface area contributed by atoms with Gasteiger partial charge in [0.05, 0.1) is 0 Å². The van der Waals surface area contributed by atoms with E-state index in [0.29, 0.717) is 0 Å². The van der Waals surface area contributed by atoms with Gasteiger partial charge in [0.2, 0.25) is 0 Å². The fourth-order valence-electron chi connectivity index (χ4n) is 1.06. The van der Waals surface area contributed by atoms with Crippen LogP contribution in [-0.4, -0.2) is 0 Å². The van der Waals surface area contributed by atoms with Crippen LogP contribution in [0.3, 0.4) is 0 Å². The van der Waals surface area contributed by atoms with Crippen LogP contribution >= 0.6 is 24.8 Å². The Morgan fingerprint density at radius 1 is 0.846 bits per heavy atom. The van der Waals surface area contributed by atoms with E-state index in [1.54, 1.807) is 0 Å². The van der Waals surface area contributed by atoms with Gasteiger partial charge >= 0.3 is 0 Å². The van der Waals surface area contributed by atoms with Crippen molar-refractivity contribution in [2.24, 2.45) is 0 Å². The van der Waals surface area contributed by atoms with Gasteiger partial charge in [-0.15, -0.1) is 54.6 Å². The Labute approximate surface area is 110 Å². The molecule has 0 fully saturated rings. The number of rotatable bonds is 0. The van der Waals surface area contributed by atoms with Gasteiger partial charge in [0.15, 0.2) is 0 Å². The summed E-state index contributed by atoms with van der Waals surface area (Å²) in [5.41, 5.74) is 2.44. The summed E-state index contributed by atoms with van der Waals surface area (Å²) >= 11 is 0. The fourth-order valence-corrected chi connectivity index (χ4v) is 1.06. The Morgan fingerprint density at radius 3 is 2.31 bits per heavy atom. The first-order valence-corrected chi connectivity index (χ1v) is 3.32. The quantitative estimate of drug-likeness (QED) is 0.652. The van der Waals surface area contributed by atoms with Crippen LogP contribution in [-0.2, 0) is 26.2 Å². The normalized spacial score (nSPS) is 7.69. The van der Waals surface area contributed by atoms with Crippen molar-refractivity contribution in [1.82, 2.24) is 0 Å². The van der Waals surface area contributed by atoms with E-state index in [2.05, 4.69) is 24.3 Å². The molecule has 0 unspecified atom stereocenters. The van der Waals surface area contributed by atoms with E-state index in [4.69, 9.17) is 0 Å². The van der Waals surface area contributed by atoms with Crippen LogP contribution in [0.5, 0.6) is 0 Å². The van der Waals surface area contributed by atoms with E-state index >= 15 is 0 Å². The summed E-state index contributed by atoms with van der Waals surface area (Å²) in [6.07, 6.45) is 0. The standard InChI is InChI=1S/C10H7.2ClH.Zr/c1-2-5-9-7-4-8-10(9)6-3-1;;;/h1-7H;2*1H;/q-1;;;. The third-order valence-electron chi connectivity index (χ3n) is 1.57. The molecule has 68 valence electrons. The van der Waals surface area contributed by atoms with E-state index < -0.39 is 0 Å². The summed E-state index contributed by atoms with van der Waals surface area (Å²) in [4.78, 5) is 0. The molecular formula is C10H9Cl2Zr-. The van der Waals surface area contributed by atoms with Gasteiger partial charge in [-0.05, 0) is 0 Å². The SMILES string of the molecule is Cl.Cl.[Zr].[c-]1ccc2cccccc1-2. The first-order chi connectivity index (χ1) is 4.97. The summed E-state index contributed by atoms with van der Waals surface area (Å²) < 4.78 is 0. The van der Waals surface area contributed by atoms with Crippen molar-refractivity contribution in [3.8, 4) is 11.1 Å². The minimum atomic E-state index is 0. The Bertz CT molecular complexity index is 284. The molecule has 0 aliphatic heterocycles. The van der Waals surface area contributed by atoms with Crippen LogP contribution in [0.25, 0.3) is 11.1 Å². The van der Waals surface area contributed by atoms with E-state index in [9.17, 15) is 0 Å². The molecule has 3 heteroatoms. The number of hydrogen-bond acceptors (Lipinski definition) is 0. The average molecular weight is 291 g/mol. The zero-order valence-corrected chi connectivity index (χ0v) is 10.9. The maximum absolute atomic E-state index is 3.14. The Balaban J connectivity index is 0. The van der Waals surface area contributed by atoms with Gasteiger partial charge in [0.1, 0.15) is 0 Å². The maximum atomic E-state index is 3.14. The molecule has 0 heterocycles. The predicted octanol–water partition coefficient (Wildman–Crippen LogP) is 3.43. The minimum absolute atomic E-state index is 0. The molecule has 0 aromatic heterocycles. The zero-order valence-electron chi connectivity index (χ0n) is 6.86. The molecule has 0 radical (unpaired) electrons. The van der Waals surface area contributed by atoms with E-state index in [0.717, 1.165) is 0 Å². The van der Waals surface area contributed by atoms with Crippen molar-refractivity contribution in [3.05, 3.63) is 48.5 Å². The monoisotopic (exact) mass is 289 g/mol. The van der Waals surface area contributed by atoms with Crippen LogP contribution < -0.4 is 0 Å². The fraction of sp³-hybridized carbons (Fsp3) is 0. The molecule has 0 aromatic rings.